The van der Waals surface area contributed by atoms with Gasteiger partial charge in [0.25, 0.3) is 5.91 Å². The Labute approximate surface area is 117 Å². The monoisotopic (exact) mass is 279 g/mol. The molecule has 102 valence electrons. The Kier molecular flexibility index (Phi) is 4.97. The van der Waals surface area contributed by atoms with Crippen molar-refractivity contribution < 1.29 is 14.6 Å². The van der Waals surface area contributed by atoms with Gasteiger partial charge in [0.15, 0.2) is 0 Å². The van der Waals surface area contributed by atoms with Crippen molar-refractivity contribution in [2.24, 2.45) is 0 Å². The van der Waals surface area contributed by atoms with E-state index in [9.17, 15) is 4.79 Å². The molecular formula is C14H17NO3S. The summed E-state index contributed by atoms with van der Waals surface area (Å²) >= 11 is 1.40. The minimum atomic E-state index is 0.0513. The fourth-order valence-corrected chi connectivity index (χ4v) is 2.73. The van der Waals surface area contributed by atoms with Crippen molar-refractivity contribution in [2.75, 3.05) is 26.3 Å². The number of aliphatic hydroxyl groups excluding tert-OH is 1. The highest BCUT2D eigenvalue weighted by Crippen LogP contribution is 2.19. The van der Waals surface area contributed by atoms with E-state index in [0.717, 1.165) is 4.88 Å². The minimum Gasteiger partial charge on any atom is -0.395 e. The van der Waals surface area contributed by atoms with Gasteiger partial charge in [-0.1, -0.05) is 11.8 Å². The molecule has 1 aromatic rings. The quantitative estimate of drug-likeness (QED) is 0.831. The van der Waals surface area contributed by atoms with E-state index in [2.05, 4.69) is 11.8 Å². The average Bonchev–Trinajstić information content (AvgIpc) is 2.87. The molecule has 0 aromatic carbocycles. The molecule has 1 unspecified atom stereocenters. The van der Waals surface area contributed by atoms with Gasteiger partial charge in [-0.25, -0.2) is 0 Å². The third-order valence-corrected chi connectivity index (χ3v) is 3.78. The van der Waals surface area contributed by atoms with Crippen LogP contribution in [-0.2, 0) is 4.74 Å². The molecule has 1 N–H and O–H groups in total. The van der Waals surface area contributed by atoms with Crippen molar-refractivity contribution in [3.8, 4) is 11.8 Å². The zero-order valence-corrected chi connectivity index (χ0v) is 11.7. The third-order valence-electron chi connectivity index (χ3n) is 2.79. The number of hydrogen-bond donors (Lipinski definition) is 1. The van der Waals surface area contributed by atoms with Crippen molar-refractivity contribution in [2.45, 2.75) is 19.4 Å². The number of amides is 1. The lowest BCUT2D eigenvalue weighted by atomic mass is 10.3. The second-order valence-corrected chi connectivity index (χ2v) is 5.46. The molecule has 1 saturated heterocycles. The SMILES string of the molecule is CC1CN(C(=O)c2ccc(C#CCCO)s2)CCO1. The number of carbonyl (C=O) groups is 1. The lowest BCUT2D eigenvalue weighted by molar-refractivity contribution is -0.0122. The van der Waals surface area contributed by atoms with Crippen molar-refractivity contribution in [1.82, 2.24) is 4.90 Å². The van der Waals surface area contributed by atoms with Gasteiger partial charge in [0.2, 0.25) is 0 Å². The van der Waals surface area contributed by atoms with Gasteiger partial charge in [0.05, 0.1) is 29.1 Å². The van der Waals surface area contributed by atoms with Crippen molar-refractivity contribution >= 4 is 17.2 Å². The summed E-state index contributed by atoms with van der Waals surface area (Å²) in [5, 5.41) is 8.66. The predicted octanol–water partition coefficient (Wildman–Crippen LogP) is 1.34. The van der Waals surface area contributed by atoms with Crippen LogP contribution in [-0.4, -0.2) is 48.3 Å². The topological polar surface area (TPSA) is 49.8 Å². The lowest BCUT2D eigenvalue weighted by Gasteiger charge is -2.30. The molecule has 2 heterocycles. The molecule has 0 spiro atoms. The van der Waals surface area contributed by atoms with Crippen LogP contribution < -0.4 is 0 Å². The van der Waals surface area contributed by atoms with E-state index in [-0.39, 0.29) is 18.6 Å². The fraction of sp³-hybridized carbons (Fsp3) is 0.500. The van der Waals surface area contributed by atoms with E-state index in [1.165, 1.54) is 11.3 Å². The van der Waals surface area contributed by atoms with Crippen molar-refractivity contribution in [1.29, 1.82) is 0 Å². The van der Waals surface area contributed by atoms with Crippen LogP contribution in [0.5, 0.6) is 0 Å². The summed E-state index contributed by atoms with van der Waals surface area (Å²) in [5.74, 6) is 5.85. The van der Waals surface area contributed by atoms with Gasteiger partial charge in [-0.05, 0) is 19.1 Å². The lowest BCUT2D eigenvalue weighted by Crippen LogP contribution is -2.44. The van der Waals surface area contributed by atoms with Crippen LogP contribution in [0.25, 0.3) is 0 Å². The zero-order chi connectivity index (χ0) is 13.7. The number of hydrogen-bond acceptors (Lipinski definition) is 4. The molecule has 1 aliphatic rings. The van der Waals surface area contributed by atoms with E-state index in [1.54, 1.807) is 0 Å². The first kappa shape index (κ1) is 14.1. The first-order valence-corrected chi connectivity index (χ1v) is 7.13. The fourth-order valence-electron chi connectivity index (χ4n) is 1.88. The van der Waals surface area contributed by atoms with Crippen LogP contribution >= 0.6 is 11.3 Å². The highest BCUT2D eigenvalue weighted by Gasteiger charge is 2.23. The van der Waals surface area contributed by atoms with E-state index < -0.39 is 0 Å². The molecule has 1 atom stereocenters. The van der Waals surface area contributed by atoms with Gasteiger partial charge < -0.3 is 14.7 Å². The molecule has 1 fully saturated rings. The Morgan fingerprint density at radius 2 is 2.47 bits per heavy atom. The second-order valence-electron chi connectivity index (χ2n) is 4.37. The summed E-state index contributed by atoms with van der Waals surface area (Å²) < 4.78 is 5.43. The summed E-state index contributed by atoms with van der Waals surface area (Å²) in [6.07, 6.45) is 0.559. The maximum Gasteiger partial charge on any atom is 0.264 e. The van der Waals surface area contributed by atoms with E-state index >= 15 is 0 Å². The Balaban J connectivity index is 2.02. The molecule has 2 rings (SSSR count). The number of ether oxygens (including phenoxy) is 1. The molecule has 0 saturated carbocycles. The Hall–Kier alpha value is -1.35. The summed E-state index contributed by atoms with van der Waals surface area (Å²) in [6, 6.07) is 3.67. The van der Waals surface area contributed by atoms with Crippen LogP contribution in [0.3, 0.4) is 0 Å². The highest BCUT2D eigenvalue weighted by atomic mass is 32.1. The van der Waals surface area contributed by atoms with Crippen LogP contribution in [0.4, 0.5) is 0 Å². The number of carbonyl (C=O) groups excluding carboxylic acids is 1. The number of morpholine rings is 1. The standard InChI is InChI=1S/C14H17NO3S/c1-11-10-15(7-9-18-11)14(17)13-6-5-12(19-13)4-2-3-8-16/h5-6,11,16H,3,7-10H2,1H3. The Morgan fingerprint density at radius 3 is 3.21 bits per heavy atom. The number of thiophene rings is 1. The third kappa shape index (κ3) is 3.80. The summed E-state index contributed by atoms with van der Waals surface area (Å²) in [4.78, 5) is 15.7. The van der Waals surface area contributed by atoms with E-state index in [1.807, 2.05) is 24.0 Å². The van der Waals surface area contributed by atoms with Gasteiger partial charge in [0, 0.05) is 19.5 Å². The number of rotatable bonds is 2. The van der Waals surface area contributed by atoms with Gasteiger partial charge >= 0.3 is 0 Å². The smallest absolute Gasteiger partial charge is 0.264 e. The molecule has 0 aliphatic carbocycles. The maximum absolute atomic E-state index is 12.3. The van der Waals surface area contributed by atoms with Crippen LogP contribution in [0.2, 0.25) is 0 Å². The molecule has 1 amide bonds. The van der Waals surface area contributed by atoms with Crippen LogP contribution in [0, 0.1) is 11.8 Å². The summed E-state index contributed by atoms with van der Waals surface area (Å²) in [7, 11) is 0. The molecule has 1 aromatic heterocycles. The number of nitrogens with zero attached hydrogens (tertiary/aromatic N) is 1. The summed E-state index contributed by atoms with van der Waals surface area (Å²) in [6.45, 7) is 3.92. The first-order valence-electron chi connectivity index (χ1n) is 6.31. The molecule has 0 radical (unpaired) electrons. The normalized spacial score (nSPS) is 18.8. The molecule has 19 heavy (non-hydrogen) atoms. The Morgan fingerprint density at radius 1 is 1.63 bits per heavy atom. The van der Waals surface area contributed by atoms with Gasteiger partial charge in [-0.3, -0.25) is 4.79 Å². The largest absolute Gasteiger partial charge is 0.395 e. The average molecular weight is 279 g/mol. The number of aliphatic hydroxyl groups is 1. The second kappa shape index (κ2) is 6.71. The molecule has 4 nitrogen and oxygen atoms in total. The van der Waals surface area contributed by atoms with Gasteiger partial charge in [-0.2, -0.15) is 0 Å². The Bertz CT molecular complexity index is 500. The molecule has 0 bridgehead atoms. The molecule has 1 aliphatic heterocycles. The van der Waals surface area contributed by atoms with Crippen molar-refractivity contribution in [3.05, 3.63) is 21.9 Å². The highest BCUT2D eigenvalue weighted by molar-refractivity contribution is 7.14. The summed E-state index contributed by atoms with van der Waals surface area (Å²) in [5.41, 5.74) is 0. The maximum atomic E-state index is 12.3. The zero-order valence-electron chi connectivity index (χ0n) is 10.9. The van der Waals surface area contributed by atoms with E-state index in [0.29, 0.717) is 31.0 Å². The van der Waals surface area contributed by atoms with Crippen molar-refractivity contribution in [3.63, 3.8) is 0 Å². The van der Waals surface area contributed by atoms with Gasteiger partial charge in [0.1, 0.15) is 0 Å². The van der Waals surface area contributed by atoms with E-state index in [4.69, 9.17) is 9.84 Å². The molecular weight excluding hydrogens is 262 g/mol. The minimum absolute atomic E-state index is 0.0513. The first-order chi connectivity index (χ1) is 9.20. The van der Waals surface area contributed by atoms with Gasteiger partial charge in [-0.15, -0.1) is 11.3 Å². The molecule has 5 heteroatoms. The van der Waals surface area contributed by atoms with Crippen LogP contribution in [0.15, 0.2) is 12.1 Å². The predicted molar refractivity (Wildman–Crippen MR) is 74.2 cm³/mol. The van der Waals surface area contributed by atoms with Crippen LogP contribution in [0.1, 0.15) is 27.9 Å².